The molecular weight excluding hydrogens is 174 g/mol. The Morgan fingerprint density at radius 2 is 1.71 bits per heavy atom. The number of piperidine rings is 1. The van der Waals surface area contributed by atoms with E-state index in [2.05, 4.69) is 11.8 Å². The van der Waals surface area contributed by atoms with Gasteiger partial charge in [-0.15, -0.1) is 0 Å². The Morgan fingerprint density at radius 3 is 2.14 bits per heavy atom. The first-order valence-corrected chi connectivity index (χ1v) is 6.06. The second-order valence-corrected chi connectivity index (χ2v) is 5.87. The average molecular weight is 195 g/mol. The van der Waals surface area contributed by atoms with Crippen LogP contribution in [0.1, 0.15) is 39.0 Å². The molecule has 0 aromatic carbocycles. The molecule has 2 saturated heterocycles. The number of rotatable bonds is 2. The van der Waals surface area contributed by atoms with E-state index >= 15 is 0 Å². The smallest absolute Gasteiger partial charge is 0.0728 e. The molecule has 80 valence electrons. The molecule has 2 heteroatoms. The van der Waals surface area contributed by atoms with Crippen molar-refractivity contribution in [2.75, 3.05) is 26.2 Å². The Kier molecular flexibility index (Phi) is 1.94. The summed E-state index contributed by atoms with van der Waals surface area (Å²) in [7, 11) is 0. The maximum atomic E-state index is 5.73. The SMILES string of the molecule is CC1(CN2CCC3(CCO3)CC2)CC1. The van der Waals surface area contributed by atoms with Gasteiger partial charge < -0.3 is 9.64 Å². The summed E-state index contributed by atoms with van der Waals surface area (Å²) in [5, 5.41) is 0. The molecule has 0 bridgehead atoms. The van der Waals surface area contributed by atoms with Gasteiger partial charge in [-0.25, -0.2) is 0 Å². The van der Waals surface area contributed by atoms with Crippen LogP contribution < -0.4 is 0 Å². The molecule has 1 saturated carbocycles. The third-order valence-electron chi connectivity index (χ3n) is 4.44. The van der Waals surface area contributed by atoms with Crippen LogP contribution in [0.4, 0.5) is 0 Å². The standard InChI is InChI=1S/C12H21NO/c1-11(2-3-11)10-13-7-4-12(5-8-13)6-9-14-12/h2-10H2,1H3. The lowest BCUT2D eigenvalue weighted by atomic mass is 9.84. The molecule has 0 aromatic rings. The molecule has 0 aromatic heterocycles. The molecule has 2 nitrogen and oxygen atoms in total. The molecule has 0 unspecified atom stereocenters. The van der Waals surface area contributed by atoms with Gasteiger partial charge in [0.2, 0.25) is 0 Å². The van der Waals surface area contributed by atoms with Crippen LogP contribution in [0, 0.1) is 5.41 Å². The highest BCUT2D eigenvalue weighted by atomic mass is 16.5. The van der Waals surface area contributed by atoms with E-state index in [0.717, 1.165) is 6.61 Å². The number of ether oxygens (including phenoxy) is 1. The summed E-state index contributed by atoms with van der Waals surface area (Å²) in [6, 6.07) is 0. The second kappa shape index (κ2) is 2.96. The maximum Gasteiger partial charge on any atom is 0.0728 e. The van der Waals surface area contributed by atoms with E-state index in [-0.39, 0.29) is 0 Å². The minimum Gasteiger partial charge on any atom is -0.375 e. The van der Waals surface area contributed by atoms with Gasteiger partial charge in [-0.1, -0.05) is 6.92 Å². The highest BCUT2D eigenvalue weighted by Crippen LogP contribution is 2.46. The molecule has 3 fully saturated rings. The van der Waals surface area contributed by atoms with Crippen LogP contribution in [0.25, 0.3) is 0 Å². The summed E-state index contributed by atoms with van der Waals surface area (Å²) in [5.74, 6) is 0. The Hall–Kier alpha value is -0.0800. The van der Waals surface area contributed by atoms with Crippen LogP contribution in [-0.4, -0.2) is 36.7 Å². The van der Waals surface area contributed by atoms with E-state index in [1.54, 1.807) is 0 Å². The van der Waals surface area contributed by atoms with E-state index in [1.165, 1.54) is 51.7 Å². The number of hydrogen-bond acceptors (Lipinski definition) is 2. The first kappa shape index (κ1) is 9.17. The van der Waals surface area contributed by atoms with Gasteiger partial charge in [0, 0.05) is 19.6 Å². The number of nitrogens with zero attached hydrogens (tertiary/aromatic N) is 1. The average Bonchev–Trinajstić information content (AvgIpc) is 2.82. The molecular formula is C12H21NO. The summed E-state index contributed by atoms with van der Waals surface area (Å²) < 4.78 is 5.73. The summed E-state index contributed by atoms with van der Waals surface area (Å²) in [6.45, 7) is 7.32. The van der Waals surface area contributed by atoms with Crippen LogP contribution in [0.3, 0.4) is 0 Å². The molecule has 1 aliphatic carbocycles. The zero-order chi connectivity index (χ0) is 9.65. The van der Waals surface area contributed by atoms with Crippen molar-refractivity contribution in [2.24, 2.45) is 5.41 Å². The van der Waals surface area contributed by atoms with Gasteiger partial charge in [0.25, 0.3) is 0 Å². The van der Waals surface area contributed by atoms with Gasteiger partial charge in [0.05, 0.1) is 12.2 Å². The summed E-state index contributed by atoms with van der Waals surface area (Å²) >= 11 is 0. The topological polar surface area (TPSA) is 12.5 Å². The van der Waals surface area contributed by atoms with Crippen LogP contribution in [0.2, 0.25) is 0 Å². The minimum atomic E-state index is 0.334. The first-order chi connectivity index (χ1) is 6.70. The van der Waals surface area contributed by atoms with Crippen molar-refractivity contribution in [3.63, 3.8) is 0 Å². The maximum absolute atomic E-state index is 5.73. The lowest BCUT2D eigenvalue weighted by Crippen LogP contribution is -2.52. The van der Waals surface area contributed by atoms with E-state index in [4.69, 9.17) is 4.74 Å². The van der Waals surface area contributed by atoms with E-state index in [9.17, 15) is 0 Å². The van der Waals surface area contributed by atoms with Gasteiger partial charge in [-0.3, -0.25) is 0 Å². The molecule has 0 N–H and O–H groups in total. The highest BCUT2D eigenvalue weighted by Gasteiger charge is 2.44. The van der Waals surface area contributed by atoms with Crippen molar-refractivity contribution in [1.29, 1.82) is 0 Å². The predicted molar refractivity (Wildman–Crippen MR) is 56.3 cm³/mol. The van der Waals surface area contributed by atoms with Crippen molar-refractivity contribution < 1.29 is 4.74 Å². The summed E-state index contributed by atoms with van der Waals surface area (Å²) in [5.41, 5.74) is 1.02. The van der Waals surface area contributed by atoms with Gasteiger partial charge in [-0.05, 0) is 37.5 Å². The van der Waals surface area contributed by atoms with Crippen molar-refractivity contribution in [1.82, 2.24) is 4.90 Å². The van der Waals surface area contributed by atoms with Crippen molar-refractivity contribution in [3.05, 3.63) is 0 Å². The molecule has 0 atom stereocenters. The lowest BCUT2D eigenvalue weighted by Gasteiger charge is -2.48. The number of hydrogen-bond donors (Lipinski definition) is 0. The Labute approximate surface area is 86.6 Å². The predicted octanol–water partition coefficient (Wildman–Crippen LogP) is 2.04. The van der Waals surface area contributed by atoms with Crippen molar-refractivity contribution in [2.45, 2.75) is 44.6 Å². The normalized spacial score (nSPS) is 34.1. The number of likely N-dealkylation sites (tertiary alicyclic amines) is 1. The second-order valence-electron chi connectivity index (χ2n) is 5.87. The zero-order valence-corrected chi connectivity index (χ0v) is 9.22. The fraction of sp³-hybridized carbons (Fsp3) is 1.00. The largest absolute Gasteiger partial charge is 0.375 e. The van der Waals surface area contributed by atoms with Crippen LogP contribution in [0.5, 0.6) is 0 Å². The van der Waals surface area contributed by atoms with E-state index < -0.39 is 0 Å². The zero-order valence-electron chi connectivity index (χ0n) is 9.22. The molecule has 3 aliphatic rings. The van der Waals surface area contributed by atoms with Crippen LogP contribution in [0.15, 0.2) is 0 Å². The fourth-order valence-corrected chi connectivity index (χ4v) is 2.82. The minimum absolute atomic E-state index is 0.334. The van der Waals surface area contributed by atoms with E-state index in [1.807, 2.05) is 0 Å². The molecule has 2 heterocycles. The van der Waals surface area contributed by atoms with Crippen LogP contribution in [-0.2, 0) is 4.74 Å². The third kappa shape index (κ3) is 1.59. The fourth-order valence-electron chi connectivity index (χ4n) is 2.82. The Balaban J connectivity index is 1.50. The molecule has 0 radical (unpaired) electrons. The highest BCUT2D eigenvalue weighted by molar-refractivity contribution is 4.96. The van der Waals surface area contributed by atoms with Gasteiger partial charge in [0.1, 0.15) is 0 Å². The van der Waals surface area contributed by atoms with Crippen molar-refractivity contribution >= 4 is 0 Å². The molecule has 14 heavy (non-hydrogen) atoms. The summed E-state index contributed by atoms with van der Waals surface area (Å²) in [6.07, 6.45) is 6.78. The quantitative estimate of drug-likeness (QED) is 0.668. The van der Waals surface area contributed by atoms with Crippen molar-refractivity contribution in [3.8, 4) is 0 Å². The van der Waals surface area contributed by atoms with Gasteiger partial charge in [-0.2, -0.15) is 0 Å². The Morgan fingerprint density at radius 1 is 1.07 bits per heavy atom. The Bertz CT molecular complexity index is 220. The molecule has 2 aliphatic heterocycles. The summed E-state index contributed by atoms with van der Waals surface area (Å²) in [4.78, 5) is 2.65. The van der Waals surface area contributed by atoms with Gasteiger partial charge in [0.15, 0.2) is 0 Å². The third-order valence-corrected chi connectivity index (χ3v) is 4.44. The van der Waals surface area contributed by atoms with Gasteiger partial charge >= 0.3 is 0 Å². The van der Waals surface area contributed by atoms with E-state index in [0.29, 0.717) is 11.0 Å². The molecule has 3 rings (SSSR count). The monoisotopic (exact) mass is 195 g/mol. The first-order valence-electron chi connectivity index (χ1n) is 6.06. The molecule has 1 spiro atoms. The lowest BCUT2D eigenvalue weighted by molar-refractivity contribution is -0.173. The molecule has 0 amide bonds. The van der Waals surface area contributed by atoms with Crippen LogP contribution >= 0.6 is 0 Å².